The SMILES string of the molecule is C[O+]=C1C=CC=CC1. The van der Waals surface area contributed by atoms with Crippen LogP contribution >= 0.6 is 0 Å². The fourth-order valence-electron chi connectivity index (χ4n) is 0.645. The van der Waals surface area contributed by atoms with Gasteiger partial charge in [-0.05, 0) is 0 Å². The van der Waals surface area contributed by atoms with Crippen LogP contribution in [-0.4, -0.2) is 12.9 Å². The van der Waals surface area contributed by atoms with Crippen molar-refractivity contribution in [1.82, 2.24) is 0 Å². The van der Waals surface area contributed by atoms with Gasteiger partial charge in [-0.15, -0.1) is 0 Å². The van der Waals surface area contributed by atoms with Crippen LogP contribution in [-0.2, 0) is 4.42 Å². The summed E-state index contributed by atoms with van der Waals surface area (Å²) in [5.41, 5.74) is 0. The first-order chi connectivity index (χ1) is 3.93. The molecule has 0 spiro atoms. The van der Waals surface area contributed by atoms with Crippen LogP contribution in [0.3, 0.4) is 0 Å². The number of allylic oxidation sites excluding steroid dienone is 4. The molecule has 0 aliphatic heterocycles. The minimum absolute atomic E-state index is 0.938. The van der Waals surface area contributed by atoms with Crippen molar-refractivity contribution in [2.45, 2.75) is 6.42 Å². The Morgan fingerprint density at radius 2 is 2.38 bits per heavy atom. The van der Waals surface area contributed by atoms with E-state index < -0.39 is 0 Å². The first-order valence-electron chi connectivity index (χ1n) is 2.66. The number of ketones is 1. The molecule has 0 N–H and O–H groups in total. The second-order valence-corrected chi connectivity index (χ2v) is 1.66. The molecular weight excluding hydrogens is 100 g/mol. The largest absolute Gasteiger partial charge is 0.322 e. The maximum absolute atomic E-state index is 4.97. The summed E-state index contributed by atoms with van der Waals surface area (Å²) >= 11 is 0. The van der Waals surface area contributed by atoms with Gasteiger partial charge in [-0.3, -0.25) is 4.42 Å². The number of carbonyl (C=O) groups excluding carboxylic acids is 1. The fourth-order valence-corrected chi connectivity index (χ4v) is 0.645. The Morgan fingerprint density at radius 3 is 2.75 bits per heavy atom. The third kappa shape index (κ3) is 1.06. The molecule has 1 heteroatoms. The van der Waals surface area contributed by atoms with Gasteiger partial charge in [-0.25, -0.2) is 0 Å². The van der Waals surface area contributed by atoms with Crippen molar-refractivity contribution in [3.8, 4) is 0 Å². The van der Waals surface area contributed by atoms with E-state index in [1.165, 1.54) is 0 Å². The molecule has 1 aliphatic rings. The third-order valence-corrected chi connectivity index (χ3v) is 1.11. The van der Waals surface area contributed by atoms with Gasteiger partial charge in [-0.2, -0.15) is 0 Å². The highest BCUT2D eigenvalue weighted by Crippen LogP contribution is 1.95. The molecule has 0 radical (unpaired) electrons. The van der Waals surface area contributed by atoms with Gasteiger partial charge in [0.05, 0.1) is 6.42 Å². The lowest BCUT2D eigenvalue weighted by molar-refractivity contribution is -0.419. The Labute approximate surface area is 49.0 Å². The molecule has 1 rings (SSSR count). The lowest BCUT2D eigenvalue weighted by atomic mass is 10.2. The standard InChI is InChI=1S/C7H9O/c1-8-7-5-3-2-4-6-7/h2-5H,6H2,1H3/q+1. The summed E-state index contributed by atoms with van der Waals surface area (Å²) in [4.78, 5) is 0. The zero-order valence-electron chi connectivity index (χ0n) is 4.92. The Hall–Kier alpha value is -0.850. The predicted octanol–water partition coefficient (Wildman–Crippen LogP) is 1.24. The zero-order chi connectivity index (χ0) is 5.82. The summed E-state index contributed by atoms with van der Waals surface area (Å²) in [6.07, 6.45) is 8.97. The summed E-state index contributed by atoms with van der Waals surface area (Å²) in [6, 6.07) is 0. The van der Waals surface area contributed by atoms with Crippen LogP contribution in [0.2, 0.25) is 0 Å². The maximum atomic E-state index is 4.97. The van der Waals surface area contributed by atoms with Crippen LogP contribution in [0.5, 0.6) is 0 Å². The minimum atomic E-state index is 0.938. The summed E-state index contributed by atoms with van der Waals surface area (Å²) in [7, 11) is 1.69. The topological polar surface area (TPSA) is 11.3 Å². The fraction of sp³-hybridized carbons (Fsp3) is 0.286. The normalized spacial score (nSPS) is 22.4. The Balaban J connectivity index is 2.66. The van der Waals surface area contributed by atoms with Gasteiger partial charge >= 0.3 is 5.78 Å². The molecule has 0 aromatic rings. The average Bonchev–Trinajstić information content (AvgIpc) is 1.90. The van der Waals surface area contributed by atoms with Crippen LogP contribution < -0.4 is 0 Å². The van der Waals surface area contributed by atoms with E-state index in [9.17, 15) is 0 Å². The molecule has 0 bridgehead atoms. The number of hydrogen-bond acceptors (Lipinski definition) is 0. The van der Waals surface area contributed by atoms with E-state index in [0.717, 1.165) is 12.2 Å². The average molecular weight is 109 g/mol. The monoisotopic (exact) mass is 109 g/mol. The molecule has 0 saturated heterocycles. The predicted molar refractivity (Wildman–Crippen MR) is 33.8 cm³/mol. The molecular formula is C7H9O+. The zero-order valence-corrected chi connectivity index (χ0v) is 4.92. The van der Waals surface area contributed by atoms with E-state index in [1.54, 1.807) is 7.11 Å². The van der Waals surface area contributed by atoms with Gasteiger partial charge in [0.25, 0.3) is 7.11 Å². The lowest BCUT2D eigenvalue weighted by Crippen LogP contribution is -1.95. The van der Waals surface area contributed by atoms with Crippen molar-refractivity contribution < 1.29 is 4.42 Å². The number of hydrogen-bond donors (Lipinski definition) is 0. The Bertz CT molecular complexity index is 152. The third-order valence-electron chi connectivity index (χ3n) is 1.11. The second-order valence-electron chi connectivity index (χ2n) is 1.66. The Morgan fingerprint density at radius 1 is 1.50 bits per heavy atom. The van der Waals surface area contributed by atoms with Crippen molar-refractivity contribution >= 4 is 5.78 Å². The van der Waals surface area contributed by atoms with Gasteiger partial charge in [0.2, 0.25) is 0 Å². The molecule has 1 aliphatic carbocycles. The maximum Gasteiger partial charge on any atom is 0.322 e. The van der Waals surface area contributed by atoms with Crippen molar-refractivity contribution in [3.05, 3.63) is 24.3 Å². The van der Waals surface area contributed by atoms with Crippen LogP contribution in [0.1, 0.15) is 6.42 Å². The quantitative estimate of drug-likeness (QED) is 0.415. The van der Waals surface area contributed by atoms with Crippen LogP contribution in [0.25, 0.3) is 0 Å². The van der Waals surface area contributed by atoms with E-state index in [2.05, 4.69) is 6.08 Å². The van der Waals surface area contributed by atoms with E-state index in [4.69, 9.17) is 4.42 Å². The molecule has 0 aromatic heterocycles. The van der Waals surface area contributed by atoms with Gasteiger partial charge in [0, 0.05) is 6.08 Å². The first kappa shape index (κ1) is 5.29. The smallest absolute Gasteiger partial charge is 0.262 e. The molecule has 0 atom stereocenters. The van der Waals surface area contributed by atoms with Crippen molar-refractivity contribution in [2.24, 2.45) is 0 Å². The molecule has 0 unspecified atom stereocenters. The molecule has 0 saturated carbocycles. The number of rotatable bonds is 0. The van der Waals surface area contributed by atoms with Crippen LogP contribution in [0, 0.1) is 0 Å². The highest BCUT2D eigenvalue weighted by Gasteiger charge is 2.02. The van der Waals surface area contributed by atoms with Crippen molar-refractivity contribution in [2.75, 3.05) is 7.11 Å². The van der Waals surface area contributed by atoms with Crippen LogP contribution in [0.15, 0.2) is 24.3 Å². The van der Waals surface area contributed by atoms with Crippen molar-refractivity contribution in [3.63, 3.8) is 0 Å². The van der Waals surface area contributed by atoms with Crippen LogP contribution in [0.4, 0.5) is 0 Å². The minimum Gasteiger partial charge on any atom is -0.262 e. The van der Waals surface area contributed by atoms with Gasteiger partial charge in [0.15, 0.2) is 0 Å². The Kier molecular flexibility index (Phi) is 1.62. The summed E-state index contributed by atoms with van der Waals surface area (Å²) in [5.74, 6) is 1.03. The summed E-state index contributed by atoms with van der Waals surface area (Å²) < 4.78 is 4.97. The summed E-state index contributed by atoms with van der Waals surface area (Å²) in [5, 5.41) is 0. The molecule has 42 valence electrons. The molecule has 0 fully saturated rings. The van der Waals surface area contributed by atoms with E-state index in [-0.39, 0.29) is 0 Å². The molecule has 0 amide bonds. The summed E-state index contributed by atoms with van der Waals surface area (Å²) in [6.45, 7) is 0. The van der Waals surface area contributed by atoms with Gasteiger partial charge < -0.3 is 0 Å². The molecule has 1 nitrogen and oxygen atoms in total. The molecule has 0 heterocycles. The van der Waals surface area contributed by atoms with Gasteiger partial charge in [0.1, 0.15) is 0 Å². The van der Waals surface area contributed by atoms with Crippen molar-refractivity contribution in [1.29, 1.82) is 0 Å². The molecule has 8 heavy (non-hydrogen) atoms. The van der Waals surface area contributed by atoms with E-state index in [0.29, 0.717) is 0 Å². The van der Waals surface area contributed by atoms with E-state index >= 15 is 0 Å². The molecule has 0 aromatic carbocycles. The first-order valence-corrected chi connectivity index (χ1v) is 2.66. The van der Waals surface area contributed by atoms with Gasteiger partial charge in [-0.1, -0.05) is 18.2 Å². The second kappa shape index (κ2) is 2.46. The van der Waals surface area contributed by atoms with E-state index in [1.807, 2.05) is 18.2 Å². The highest BCUT2D eigenvalue weighted by atomic mass is 16.4. The highest BCUT2D eigenvalue weighted by molar-refractivity contribution is 5.92. The lowest BCUT2D eigenvalue weighted by Gasteiger charge is -1.85.